The summed E-state index contributed by atoms with van der Waals surface area (Å²) in [6, 6.07) is 3.13. The number of hydrogen-bond donors (Lipinski definition) is 1. The van der Waals surface area contributed by atoms with E-state index in [0.717, 1.165) is 6.08 Å². The summed E-state index contributed by atoms with van der Waals surface area (Å²) in [5, 5.41) is 1.73. The predicted octanol–water partition coefficient (Wildman–Crippen LogP) is 2.40. The fourth-order valence-electron chi connectivity index (χ4n) is 1.62. The average Bonchev–Trinajstić information content (AvgIpc) is 2.48. The third-order valence-corrected chi connectivity index (χ3v) is 2.58. The van der Waals surface area contributed by atoms with Crippen LogP contribution in [0.3, 0.4) is 0 Å². The Morgan fingerprint density at radius 2 is 1.68 bits per heavy atom. The Balaban J connectivity index is 2.89. The summed E-state index contributed by atoms with van der Waals surface area (Å²) in [5.74, 6) is 0.268. The quantitative estimate of drug-likeness (QED) is 0.818. The van der Waals surface area contributed by atoms with E-state index in [0.29, 0.717) is 22.8 Å². The van der Waals surface area contributed by atoms with Crippen LogP contribution in [0.2, 0.25) is 0 Å². The molecular formula is C14H16F3NO4. The zero-order chi connectivity index (χ0) is 16.8. The summed E-state index contributed by atoms with van der Waals surface area (Å²) < 4.78 is 51.3. The molecule has 0 heterocycles. The van der Waals surface area contributed by atoms with Crippen LogP contribution < -0.4 is 19.5 Å². The van der Waals surface area contributed by atoms with Gasteiger partial charge in [-0.25, -0.2) is 0 Å². The topological polar surface area (TPSA) is 56.8 Å². The second-order valence-corrected chi connectivity index (χ2v) is 4.12. The minimum Gasteiger partial charge on any atom is -0.493 e. The molecule has 122 valence electrons. The Morgan fingerprint density at radius 3 is 2.09 bits per heavy atom. The maximum atomic E-state index is 12.0. The van der Waals surface area contributed by atoms with Gasteiger partial charge in [0.25, 0.3) is 0 Å². The summed E-state index contributed by atoms with van der Waals surface area (Å²) in [6.45, 7) is -1.38. The highest BCUT2D eigenvalue weighted by Gasteiger charge is 2.27. The van der Waals surface area contributed by atoms with Gasteiger partial charge in [0.05, 0.1) is 21.3 Å². The van der Waals surface area contributed by atoms with E-state index in [9.17, 15) is 18.0 Å². The molecule has 1 amide bonds. The summed E-state index contributed by atoms with van der Waals surface area (Å²) in [6.07, 6.45) is -2.11. The van der Waals surface area contributed by atoms with E-state index >= 15 is 0 Å². The first-order valence-corrected chi connectivity index (χ1v) is 6.13. The van der Waals surface area contributed by atoms with Crippen LogP contribution in [0.5, 0.6) is 17.2 Å². The van der Waals surface area contributed by atoms with Crippen molar-refractivity contribution in [2.45, 2.75) is 6.18 Å². The molecule has 1 aromatic carbocycles. The van der Waals surface area contributed by atoms with E-state index in [1.165, 1.54) is 27.4 Å². The number of benzene rings is 1. The Bertz CT molecular complexity index is 531. The lowest BCUT2D eigenvalue weighted by Gasteiger charge is -2.12. The number of hydrogen-bond acceptors (Lipinski definition) is 4. The molecule has 1 rings (SSSR count). The highest BCUT2D eigenvalue weighted by Crippen LogP contribution is 2.38. The Kier molecular flexibility index (Phi) is 6.09. The second-order valence-electron chi connectivity index (χ2n) is 4.12. The first-order chi connectivity index (χ1) is 10.3. The van der Waals surface area contributed by atoms with Gasteiger partial charge in [0.2, 0.25) is 11.7 Å². The highest BCUT2D eigenvalue weighted by atomic mass is 19.4. The Hall–Kier alpha value is -2.38. The minimum absolute atomic E-state index is 0.372. The van der Waals surface area contributed by atoms with Crippen LogP contribution in [-0.4, -0.2) is 40.0 Å². The molecule has 0 unspecified atom stereocenters. The smallest absolute Gasteiger partial charge is 0.405 e. The van der Waals surface area contributed by atoms with Crippen LogP contribution in [0.25, 0.3) is 6.08 Å². The molecular weight excluding hydrogens is 303 g/mol. The second kappa shape index (κ2) is 7.58. The Morgan fingerprint density at radius 1 is 1.14 bits per heavy atom. The van der Waals surface area contributed by atoms with Crippen molar-refractivity contribution in [2.75, 3.05) is 27.9 Å². The lowest BCUT2D eigenvalue weighted by Crippen LogP contribution is -2.32. The van der Waals surface area contributed by atoms with Crippen molar-refractivity contribution in [1.29, 1.82) is 0 Å². The lowest BCUT2D eigenvalue weighted by molar-refractivity contribution is -0.135. The van der Waals surface area contributed by atoms with Crippen LogP contribution >= 0.6 is 0 Å². The number of alkyl halides is 3. The number of carbonyl (C=O) groups is 1. The SMILES string of the molecule is COc1cc(C=CC(=O)NCC(F)(F)F)cc(OC)c1OC. The fraction of sp³-hybridized carbons (Fsp3) is 0.357. The molecule has 0 aliphatic rings. The van der Waals surface area contributed by atoms with Crippen molar-refractivity contribution in [3.63, 3.8) is 0 Å². The van der Waals surface area contributed by atoms with Crippen molar-refractivity contribution in [3.05, 3.63) is 23.8 Å². The fourth-order valence-corrected chi connectivity index (χ4v) is 1.62. The summed E-state index contributed by atoms with van der Waals surface area (Å²) >= 11 is 0. The largest absolute Gasteiger partial charge is 0.493 e. The molecule has 0 spiro atoms. The zero-order valence-electron chi connectivity index (χ0n) is 12.3. The van der Waals surface area contributed by atoms with Crippen LogP contribution in [-0.2, 0) is 4.79 Å². The van der Waals surface area contributed by atoms with Gasteiger partial charge < -0.3 is 19.5 Å². The van der Waals surface area contributed by atoms with Gasteiger partial charge in [-0.3, -0.25) is 4.79 Å². The van der Waals surface area contributed by atoms with Crippen LogP contribution in [0, 0.1) is 0 Å². The standard InChI is InChI=1S/C14H16F3NO4/c1-20-10-6-9(7-11(21-2)13(10)22-3)4-5-12(19)18-8-14(15,16)17/h4-7H,8H2,1-3H3,(H,18,19). The third-order valence-electron chi connectivity index (χ3n) is 2.58. The van der Waals surface area contributed by atoms with Crippen LogP contribution in [0.15, 0.2) is 18.2 Å². The molecule has 0 aromatic heterocycles. The molecule has 1 N–H and O–H groups in total. The molecule has 0 saturated carbocycles. The summed E-state index contributed by atoms with van der Waals surface area (Å²) in [4.78, 5) is 11.3. The molecule has 8 heteroatoms. The zero-order valence-corrected chi connectivity index (χ0v) is 12.3. The van der Waals surface area contributed by atoms with E-state index < -0.39 is 18.6 Å². The molecule has 0 saturated heterocycles. The molecule has 0 radical (unpaired) electrons. The number of amides is 1. The van der Waals surface area contributed by atoms with E-state index in [4.69, 9.17) is 14.2 Å². The van der Waals surface area contributed by atoms with E-state index in [1.54, 1.807) is 17.4 Å². The van der Waals surface area contributed by atoms with Crippen LogP contribution in [0.1, 0.15) is 5.56 Å². The number of ether oxygens (including phenoxy) is 3. The van der Waals surface area contributed by atoms with Gasteiger partial charge in [-0.05, 0) is 23.8 Å². The molecule has 22 heavy (non-hydrogen) atoms. The van der Waals surface area contributed by atoms with Crippen molar-refractivity contribution >= 4 is 12.0 Å². The molecule has 0 fully saturated rings. The number of carbonyl (C=O) groups excluding carboxylic acids is 1. The number of rotatable bonds is 6. The molecule has 0 bridgehead atoms. The number of nitrogens with one attached hydrogen (secondary N) is 1. The van der Waals surface area contributed by atoms with Gasteiger partial charge in [0.15, 0.2) is 11.5 Å². The van der Waals surface area contributed by atoms with Crippen LogP contribution in [0.4, 0.5) is 13.2 Å². The molecule has 5 nitrogen and oxygen atoms in total. The summed E-state index contributed by atoms with van der Waals surface area (Å²) in [7, 11) is 4.31. The molecule has 0 atom stereocenters. The van der Waals surface area contributed by atoms with Gasteiger partial charge in [-0.2, -0.15) is 13.2 Å². The molecule has 1 aromatic rings. The normalized spacial score (nSPS) is 11.4. The number of methoxy groups -OCH3 is 3. The van der Waals surface area contributed by atoms with Crippen molar-refractivity contribution in [1.82, 2.24) is 5.32 Å². The lowest BCUT2D eigenvalue weighted by atomic mass is 10.1. The molecule has 0 aliphatic carbocycles. The molecule has 0 aliphatic heterocycles. The van der Waals surface area contributed by atoms with E-state index in [-0.39, 0.29) is 0 Å². The van der Waals surface area contributed by atoms with Crippen molar-refractivity contribution in [3.8, 4) is 17.2 Å². The minimum atomic E-state index is -4.45. The Labute approximate surface area is 125 Å². The first-order valence-electron chi connectivity index (χ1n) is 6.13. The van der Waals surface area contributed by atoms with Crippen molar-refractivity contribution in [2.24, 2.45) is 0 Å². The first kappa shape index (κ1) is 17.7. The van der Waals surface area contributed by atoms with Crippen molar-refractivity contribution < 1.29 is 32.2 Å². The van der Waals surface area contributed by atoms with Gasteiger partial charge >= 0.3 is 6.18 Å². The predicted molar refractivity (Wildman–Crippen MR) is 74.2 cm³/mol. The van der Waals surface area contributed by atoms with Gasteiger partial charge in [0, 0.05) is 6.08 Å². The third kappa shape index (κ3) is 5.19. The van der Waals surface area contributed by atoms with E-state index in [1.807, 2.05) is 0 Å². The highest BCUT2D eigenvalue weighted by molar-refractivity contribution is 5.91. The van der Waals surface area contributed by atoms with E-state index in [2.05, 4.69) is 0 Å². The van der Waals surface area contributed by atoms with Gasteiger partial charge in [-0.1, -0.05) is 0 Å². The monoisotopic (exact) mass is 319 g/mol. The van der Waals surface area contributed by atoms with Gasteiger partial charge in [0.1, 0.15) is 6.54 Å². The average molecular weight is 319 g/mol. The number of halogens is 3. The maximum absolute atomic E-state index is 12.0. The van der Waals surface area contributed by atoms with Gasteiger partial charge in [-0.15, -0.1) is 0 Å². The maximum Gasteiger partial charge on any atom is 0.405 e. The summed E-state index contributed by atoms with van der Waals surface area (Å²) in [5.41, 5.74) is 0.511.